The van der Waals surface area contributed by atoms with Crippen LogP contribution in [-0.2, 0) is 64.8 Å². The molecule has 5 aliphatic rings. The van der Waals surface area contributed by atoms with Crippen LogP contribution in [0.15, 0.2) is 298 Å². The first-order valence-corrected chi connectivity index (χ1v) is 45.3. The zero-order valence-electron chi connectivity index (χ0n) is 67.4. The van der Waals surface area contributed by atoms with E-state index in [-0.39, 0.29) is 30.2 Å². The highest BCUT2D eigenvalue weighted by atomic mass is 35.5. The molecule has 0 saturated carbocycles. The molecule has 5 aromatic carbocycles. The van der Waals surface area contributed by atoms with Crippen molar-refractivity contribution in [2.24, 2.45) is 0 Å². The number of rotatable bonds is 15. The van der Waals surface area contributed by atoms with Gasteiger partial charge in [0.2, 0.25) is 0 Å². The van der Waals surface area contributed by atoms with Gasteiger partial charge in [0.05, 0.1) is 107 Å². The monoisotopic (exact) mass is 1790 g/mol. The van der Waals surface area contributed by atoms with Crippen molar-refractivity contribution in [1.82, 2.24) is 59.4 Å². The average molecular weight is 1800 g/mol. The molecule has 20 nitrogen and oxygen atoms in total. The SMILES string of the molecule is Clc1ccc2[nH]c3c(c2c1)CCN(Cc1ccco1)C3c1ccoc1.Clc1ccc2[nH]c3c(c2c1)CCN(Cc1ccco1)C3c1nccs1.Clc1ccc2[nH]c3c(c2c1)CCN(Cc1ccoc1)C3c1ccco1.Clc1ccc2[nH]c3c(c2c1)CCN(Cc1ccoc1)C3c1ccoc1.Clc1ccc2[nH]c3c(c2c1)CCN(Cc1ccoc1)C3c1nccs1. The van der Waals surface area contributed by atoms with E-state index in [9.17, 15) is 0 Å². The Morgan fingerprint density at radius 1 is 0.312 bits per heavy atom. The number of thiazole rings is 2. The number of fused-ring (bicyclic) bond motifs is 15. The Hall–Kier alpha value is -11.5. The molecule has 0 fully saturated rings. The second kappa shape index (κ2) is 35.5. The Kier molecular flexibility index (Phi) is 22.9. The summed E-state index contributed by atoms with van der Waals surface area (Å²) in [5.41, 5.74) is 24.3. The number of H-pyrrole nitrogens is 5. The topological polar surface area (TPSA) is 226 Å². The van der Waals surface area contributed by atoms with Crippen molar-refractivity contribution < 1.29 is 35.3 Å². The lowest BCUT2D eigenvalue weighted by atomic mass is 9.93. The highest BCUT2D eigenvalue weighted by molar-refractivity contribution is 7.09. The van der Waals surface area contributed by atoms with Crippen molar-refractivity contribution in [1.29, 1.82) is 0 Å². The number of halogens is 5. The lowest BCUT2D eigenvalue weighted by molar-refractivity contribution is 0.180. The number of benzene rings is 5. The Balaban J connectivity index is 0.0000000956. The van der Waals surface area contributed by atoms with Crippen molar-refractivity contribution in [3.05, 3.63) is 399 Å². The molecule has 0 radical (unpaired) electrons. The largest absolute Gasteiger partial charge is 0.472 e. The molecule has 0 aliphatic carbocycles. The van der Waals surface area contributed by atoms with E-state index in [4.69, 9.17) is 93.3 Å². The van der Waals surface area contributed by atoms with Gasteiger partial charge in [-0.25, -0.2) is 9.97 Å². The van der Waals surface area contributed by atoms with Crippen LogP contribution in [0.25, 0.3) is 54.5 Å². The fourth-order valence-electron chi connectivity index (χ4n) is 19.1. The fourth-order valence-corrected chi connectivity index (χ4v) is 21.6. The minimum Gasteiger partial charge on any atom is -0.472 e. The zero-order valence-corrected chi connectivity index (χ0v) is 72.8. The maximum absolute atomic E-state index is 6.23. The van der Waals surface area contributed by atoms with Crippen molar-refractivity contribution >= 4 is 135 Å². The van der Waals surface area contributed by atoms with Gasteiger partial charge in [-0.3, -0.25) is 24.5 Å². The minimum atomic E-state index is 0.0554. The number of nitrogens with one attached hydrogen (secondary N) is 5. The lowest BCUT2D eigenvalue weighted by Crippen LogP contribution is -2.35. The summed E-state index contributed by atoms with van der Waals surface area (Å²) in [5.74, 6) is 2.89. The highest BCUT2D eigenvalue weighted by Gasteiger charge is 2.39. The van der Waals surface area contributed by atoms with E-state index in [1.54, 1.807) is 79.0 Å². The minimum absolute atomic E-state index is 0.0554. The number of aromatic nitrogens is 7. The molecule has 5 atom stereocenters. The van der Waals surface area contributed by atoms with Gasteiger partial charge in [0.15, 0.2) is 0 Å². The molecule has 27 heteroatoms. The number of hydrogen-bond acceptors (Lipinski definition) is 17. The van der Waals surface area contributed by atoms with Crippen LogP contribution in [0, 0.1) is 0 Å². The van der Waals surface area contributed by atoms with Gasteiger partial charge in [0.25, 0.3) is 0 Å². The molecule has 5 aliphatic heterocycles. The quantitative estimate of drug-likeness (QED) is 0.0643. The third kappa shape index (κ3) is 16.5. The predicted octanol–water partition coefficient (Wildman–Crippen LogP) is 25.5. The zero-order chi connectivity index (χ0) is 84.0. The molecule has 0 spiro atoms. The molecular weight excluding hydrogens is 1710 g/mol. The van der Waals surface area contributed by atoms with Gasteiger partial charge in [-0.05, 0) is 218 Å². The highest BCUT2D eigenvalue weighted by Crippen LogP contribution is 2.47. The van der Waals surface area contributed by atoms with Crippen LogP contribution in [0.4, 0.5) is 0 Å². The van der Waals surface area contributed by atoms with Crippen LogP contribution in [0.2, 0.25) is 25.1 Å². The Morgan fingerprint density at radius 2 is 0.616 bits per heavy atom. The third-order valence-corrected chi connectivity index (χ3v) is 27.5. The second-order valence-electron chi connectivity index (χ2n) is 32.1. The molecular formula is C98H83Cl5N12O8S2. The van der Waals surface area contributed by atoms with E-state index in [2.05, 4.69) is 120 Å². The van der Waals surface area contributed by atoms with E-state index < -0.39 is 0 Å². The van der Waals surface area contributed by atoms with Crippen molar-refractivity contribution in [2.45, 2.75) is 95.0 Å². The summed E-state index contributed by atoms with van der Waals surface area (Å²) < 4.78 is 43.4. The van der Waals surface area contributed by atoms with Crippen molar-refractivity contribution in [3.8, 4) is 0 Å². The lowest BCUT2D eigenvalue weighted by Gasteiger charge is -2.35. The first-order chi connectivity index (χ1) is 61.5. The average Bonchev–Trinajstić information content (AvgIpc) is 1.63. The molecule has 25 rings (SSSR count). The molecule has 5 unspecified atom stereocenters. The molecule has 0 amide bonds. The number of hydrogen-bond donors (Lipinski definition) is 5. The number of aromatic amines is 5. The molecule has 125 heavy (non-hydrogen) atoms. The van der Waals surface area contributed by atoms with Gasteiger partial charge in [0, 0.05) is 211 Å². The van der Waals surface area contributed by atoms with Crippen LogP contribution in [0.1, 0.15) is 142 Å². The van der Waals surface area contributed by atoms with Crippen LogP contribution in [-0.4, -0.2) is 92.1 Å². The smallest absolute Gasteiger partial charge is 0.126 e. The fraction of sp³-hybridized carbons (Fsp3) is 0.204. The number of nitrogens with zero attached hydrogens (tertiary/aromatic N) is 7. The molecule has 0 saturated heterocycles. The van der Waals surface area contributed by atoms with E-state index >= 15 is 0 Å². The summed E-state index contributed by atoms with van der Waals surface area (Å²) in [6, 6.07) is 52.8. The van der Waals surface area contributed by atoms with Crippen LogP contribution >= 0.6 is 80.7 Å². The summed E-state index contributed by atoms with van der Waals surface area (Å²) in [6.45, 7) is 8.82. The summed E-state index contributed by atoms with van der Waals surface area (Å²) in [7, 11) is 0. The third-order valence-electron chi connectivity index (χ3n) is 24.6. The summed E-state index contributed by atoms with van der Waals surface area (Å²) >= 11 is 34.5. The van der Waals surface area contributed by atoms with Gasteiger partial charge >= 0.3 is 0 Å². The molecule has 15 aromatic heterocycles. The molecule has 20 aromatic rings. The van der Waals surface area contributed by atoms with Gasteiger partial charge in [-0.2, -0.15) is 0 Å². The van der Waals surface area contributed by atoms with E-state index in [0.29, 0.717) is 0 Å². The maximum atomic E-state index is 6.23. The molecule has 630 valence electrons. The van der Waals surface area contributed by atoms with Gasteiger partial charge in [-0.1, -0.05) is 58.0 Å². The van der Waals surface area contributed by atoms with Gasteiger partial charge in [-0.15, -0.1) is 22.7 Å². The van der Waals surface area contributed by atoms with Crippen LogP contribution in [0.3, 0.4) is 0 Å². The van der Waals surface area contributed by atoms with Crippen LogP contribution in [0.5, 0.6) is 0 Å². The maximum Gasteiger partial charge on any atom is 0.126 e. The molecule has 20 heterocycles. The Labute approximate surface area is 750 Å². The van der Waals surface area contributed by atoms with E-state index in [1.807, 2.05) is 145 Å². The van der Waals surface area contributed by atoms with Gasteiger partial charge < -0.3 is 60.3 Å². The number of furan rings is 8. The van der Waals surface area contributed by atoms with Crippen LogP contribution < -0.4 is 0 Å². The predicted molar refractivity (Wildman–Crippen MR) is 490 cm³/mol. The Morgan fingerprint density at radius 3 is 0.920 bits per heavy atom. The summed E-state index contributed by atoms with van der Waals surface area (Å²) in [6.07, 6.45) is 31.6. The van der Waals surface area contributed by atoms with Crippen molar-refractivity contribution in [2.75, 3.05) is 32.7 Å². The second-order valence-corrected chi connectivity index (χ2v) is 36.1. The first-order valence-electron chi connectivity index (χ1n) is 41.6. The van der Waals surface area contributed by atoms with E-state index in [0.717, 1.165) is 189 Å². The molecule has 0 bridgehead atoms. The first kappa shape index (κ1) is 80.6. The Bertz CT molecular complexity index is 5990. The summed E-state index contributed by atoms with van der Waals surface area (Å²) in [4.78, 5) is 39.5. The molecule has 5 N–H and O–H groups in total. The standard InChI is InChI=1S/3C20H17ClN2O2.2C19H16ClN3OS/c21-15-1-2-18-17(9-15)16-3-6-23(10-13-4-7-24-11-13)20(19(16)22-18)14-5-8-25-12-14;21-14-3-4-18-17(10-14)16-5-7-23(11-15-2-1-8-25-15)20(19(16)22-18)13-6-9-24-12-13;21-14-3-4-17-16(10-14)15-5-7-23(11-13-6-9-24-12-13)20(19(15)22-17)18-2-1-8-25-18;20-13-1-2-16-15(9-13)14-3-6-23(10-12-4-7-24-11-12)18(17(14)22-16)19-21-5-8-25-19;20-12-3-4-16-15(10-12)14-5-7-23(11-13-2-1-8-24-13)18(17(14)22-16)19-21-6-9-25-19/h1-2,4-5,7-9,11-12,20,22H,3,6,10H2;2*1-4,6,8-10,12,20,22H,5,7,11H2;1-2,4-5,7-9,11,18,22H,3,6,10H2;1-4,6,8-10,18,22H,5,7,11H2. The van der Waals surface area contributed by atoms with E-state index in [1.165, 1.54) is 99.9 Å². The normalized spacial score (nSPS) is 17.9. The summed E-state index contributed by atoms with van der Waals surface area (Å²) in [5, 5.41) is 16.3. The van der Waals surface area contributed by atoms with Crippen molar-refractivity contribution in [3.63, 3.8) is 0 Å². The van der Waals surface area contributed by atoms with Gasteiger partial charge in [0.1, 0.15) is 45.4 Å².